The Labute approximate surface area is 175 Å². The van der Waals surface area contributed by atoms with Gasteiger partial charge in [-0.1, -0.05) is 0 Å². The highest BCUT2D eigenvalue weighted by molar-refractivity contribution is 7.07. The number of aromatic nitrogens is 2. The number of aliphatic carboxylic acids is 1. The summed E-state index contributed by atoms with van der Waals surface area (Å²) in [5.74, 6) is -0.947. The Morgan fingerprint density at radius 2 is 2.13 bits per heavy atom. The van der Waals surface area contributed by atoms with Gasteiger partial charge in [0.05, 0.1) is 19.3 Å². The largest absolute Gasteiger partial charge is 0.490 e. The molecule has 4 rings (SSSR count). The van der Waals surface area contributed by atoms with Gasteiger partial charge in [-0.05, 0) is 47.7 Å². The SMILES string of the molecule is O=C(O)C(F)(F)F.c1cc(NC2CCC2)nc(C2COCCN2Cc2ccsc2)n1. The molecule has 2 N–H and O–H groups in total. The predicted molar refractivity (Wildman–Crippen MR) is 105 cm³/mol. The lowest BCUT2D eigenvalue weighted by Crippen LogP contribution is -2.40. The van der Waals surface area contributed by atoms with Gasteiger partial charge in [0.15, 0.2) is 0 Å². The number of nitrogens with zero attached hydrogens (tertiary/aromatic N) is 3. The van der Waals surface area contributed by atoms with Crippen molar-refractivity contribution in [2.45, 2.75) is 44.1 Å². The third-order valence-electron chi connectivity index (χ3n) is 4.88. The molecule has 0 radical (unpaired) electrons. The van der Waals surface area contributed by atoms with Crippen LogP contribution in [-0.4, -0.2) is 57.9 Å². The fourth-order valence-corrected chi connectivity index (χ4v) is 3.72. The molecule has 2 aromatic rings. The molecule has 2 aromatic heterocycles. The quantitative estimate of drug-likeness (QED) is 0.727. The highest BCUT2D eigenvalue weighted by Crippen LogP contribution is 2.26. The second kappa shape index (κ2) is 10.2. The van der Waals surface area contributed by atoms with Crippen LogP contribution in [0.2, 0.25) is 0 Å². The van der Waals surface area contributed by atoms with E-state index >= 15 is 0 Å². The summed E-state index contributed by atoms with van der Waals surface area (Å²) >= 11 is 1.74. The number of anilines is 1. The Bertz CT molecular complexity index is 816. The maximum atomic E-state index is 10.6. The van der Waals surface area contributed by atoms with E-state index in [1.165, 1.54) is 24.8 Å². The minimum atomic E-state index is -5.08. The molecule has 1 saturated carbocycles. The normalized spacial score (nSPS) is 20.0. The van der Waals surface area contributed by atoms with Gasteiger partial charge < -0.3 is 15.2 Å². The maximum Gasteiger partial charge on any atom is 0.490 e. The number of nitrogens with one attached hydrogen (secondary N) is 1. The lowest BCUT2D eigenvalue weighted by atomic mass is 9.93. The molecular formula is C19H23F3N4O3S. The van der Waals surface area contributed by atoms with Crippen LogP contribution in [-0.2, 0) is 16.1 Å². The summed E-state index contributed by atoms with van der Waals surface area (Å²) in [7, 11) is 0. The van der Waals surface area contributed by atoms with E-state index in [2.05, 4.69) is 32.0 Å². The zero-order valence-electron chi connectivity index (χ0n) is 16.1. The number of carbonyl (C=O) groups is 1. The van der Waals surface area contributed by atoms with Crippen molar-refractivity contribution in [2.24, 2.45) is 0 Å². The van der Waals surface area contributed by atoms with Gasteiger partial charge in [-0.3, -0.25) is 4.90 Å². The lowest BCUT2D eigenvalue weighted by Gasteiger charge is -2.34. The average molecular weight is 444 g/mol. The molecule has 0 spiro atoms. The van der Waals surface area contributed by atoms with Crippen LogP contribution in [0.15, 0.2) is 29.1 Å². The predicted octanol–water partition coefficient (Wildman–Crippen LogP) is 3.71. The Morgan fingerprint density at radius 3 is 2.73 bits per heavy atom. The standard InChI is InChI=1S/C17H22N4OS.C2HF3O2/c1-2-14(3-1)19-16-4-6-18-17(20-16)15-11-22-8-7-21(15)10-13-5-9-23-12-13;3-2(4,5)1(6)7/h4-6,9,12,14-15H,1-3,7-8,10-11H2,(H,18,19,20);(H,6,7). The number of hydrogen-bond acceptors (Lipinski definition) is 7. The summed E-state index contributed by atoms with van der Waals surface area (Å²) in [5.41, 5.74) is 1.35. The fourth-order valence-electron chi connectivity index (χ4n) is 3.06. The Kier molecular flexibility index (Phi) is 7.62. The Balaban J connectivity index is 0.000000318. The molecule has 11 heteroatoms. The van der Waals surface area contributed by atoms with Crippen molar-refractivity contribution in [3.63, 3.8) is 0 Å². The van der Waals surface area contributed by atoms with Crippen molar-refractivity contribution in [3.05, 3.63) is 40.5 Å². The average Bonchev–Trinajstić information content (AvgIpc) is 3.18. The van der Waals surface area contributed by atoms with E-state index in [4.69, 9.17) is 19.6 Å². The minimum Gasteiger partial charge on any atom is -0.475 e. The molecule has 3 heterocycles. The fraction of sp³-hybridized carbons (Fsp3) is 0.526. The first kappa shape index (κ1) is 22.4. The molecule has 164 valence electrons. The number of carboxylic acids is 1. The minimum absolute atomic E-state index is 0.131. The number of carboxylic acid groups (broad SMARTS) is 1. The van der Waals surface area contributed by atoms with Gasteiger partial charge in [-0.2, -0.15) is 24.5 Å². The van der Waals surface area contributed by atoms with E-state index in [1.807, 2.05) is 12.3 Å². The van der Waals surface area contributed by atoms with Crippen LogP contribution >= 0.6 is 11.3 Å². The molecule has 1 aliphatic carbocycles. The van der Waals surface area contributed by atoms with E-state index in [0.29, 0.717) is 12.6 Å². The highest BCUT2D eigenvalue weighted by Gasteiger charge is 2.38. The van der Waals surface area contributed by atoms with Crippen LogP contribution in [0.1, 0.15) is 36.7 Å². The van der Waals surface area contributed by atoms with Crippen LogP contribution in [0.4, 0.5) is 19.0 Å². The van der Waals surface area contributed by atoms with Crippen LogP contribution in [0.25, 0.3) is 0 Å². The summed E-state index contributed by atoms with van der Waals surface area (Å²) < 4.78 is 37.4. The second-order valence-electron chi connectivity index (χ2n) is 7.07. The topological polar surface area (TPSA) is 87.6 Å². The molecule has 0 amide bonds. The molecule has 1 saturated heterocycles. The summed E-state index contributed by atoms with van der Waals surface area (Å²) in [4.78, 5) is 20.6. The van der Waals surface area contributed by atoms with E-state index < -0.39 is 12.1 Å². The van der Waals surface area contributed by atoms with Crippen molar-refractivity contribution in [1.29, 1.82) is 0 Å². The monoisotopic (exact) mass is 444 g/mol. The van der Waals surface area contributed by atoms with Gasteiger partial charge in [0, 0.05) is 25.3 Å². The molecule has 30 heavy (non-hydrogen) atoms. The smallest absolute Gasteiger partial charge is 0.475 e. The molecule has 0 aromatic carbocycles. The zero-order chi connectivity index (χ0) is 21.6. The summed E-state index contributed by atoms with van der Waals surface area (Å²) in [6, 6.07) is 4.87. The molecule has 1 atom stereocenters. The van der Waals surface area contributed by atoms with E-state index in [-0.39, 0.29) is 6.04 Å². The number of halogens is 3. The van der Waals surface area contributed by atoms with Crippen molar-refractivity contribution in [2.75, 3.05) is 25.1 Å². The van der Waals surface area contributed by atoms with Crippen LogP contribution in [0.5, 0.6) is 0 Å². The highest BCUT2D eigenvalue weighted by atomic mass is 32.1. The van der Waals surface area contributed by atoms with Crippen molar-refractivity contribution >= 4 is 23.1 Å². The van der Waals surface area contributed by atoms with Crippen LogP contribution < -0.4 is 5.32 Å². The van der Waals surface area contributed by atoms with E-state index in [1.54, 1.807) is 11.3 Å². The van der Waals surface area contributed by atoms with E-state index in [0.717, 1.165) is 31.3 Å². The number of thiophene rings is 1. The van der Waals surface area contributed by atoms with Gasteiger partial charge in [0.2, 0.25) is 0 Å². The van der Waals surface area contributed by atoms with Gasteiger partial charge >= 0.3 is 12.1 Å². The summed E-state index contributed by atoms with van der Waals surface area (Å²) in [6.07, 6.45) is 0.591. The van der Waals surface area contributed by atoms with Gasteiger partial charge in [-0.25, -0.2) is 14.8 Å². The van der Waals surface area contributed by atoms with Crippen LogP contribution in [0, 0.1) is 0 Å². The Morgan fingerprint density at radius 1 is 1.37 bits per heavy atom. The Hall–Kier alpha value is -2.24. The molecule has 1 unspecified atom stereocenters. The third-order valence-corrected chi connectivity index (χ3v) is 5.61. The summed E-state index contributed by atoms with van der Waals surface area (Å²) in [5, 5.41) is 15.0. The molecule has 2 fully saturated rings. The molecule has 2 aliphatic rings. The molecule has 7 nitrogen and oxygen atoms in total. The first-order valence-electron chi connectivity index (χ1n) is 9.55. The molecule has 1 aliphatic heterocycles. The lowest BCUT2D eigenvalue weighted by molar-refractivity contribution is -0.192. The number of morpholine rings is 1. The first-order valence-corrected chi connectivity index (χ1v) is 10.5. The second-order valence-corrected chi connectivity index (χ2v) is 7.85. The first-order chi connectivity index (χ1) is 14.3. The summed E-state index contributed by atoms with van der Waals surface area (Å²) in [6.45, 7) is 3.29. The van der Waals surface area contributed by atoms with E-state index in [9.17, 15) is 13.2 Å². The molecule has 0 bridgehead atoms. The van der Waals surface area contributed by atoms with Gasteiger partial charge in [0.1, 0.15) is 11.6 Å². The number of hydrogen-bond donors (Lipinski definition) is 2. The van der Waals surface area contributed by atoms with Gasteiger partial charge in [-0.15, -0.1) is 0 Å². The third kappa shape index (κ3) is 6.38. The number of alkyl halides is 3. The number of rotatable bonds is 5. The van der Waals surface area contributed by atoms with Gasteiger partial charge in [0.25, 0.3) is 0 Å². The van der Waals surface area contributed by atoms with Crippen molar-refractivity contribution < 1.29 is 27.8 Å². The maximum absolute atomic E-state index is 10.6. The van der Waals surface area contributed by atoms with Crippen molar-refractivity contribution in [1.82, 2.24) is 14.9 Å². The van der Waals surface area contributed by atoms with Crippen molar-refractivity contribution in [3.8, 4) is 0 Å². The zero-order valence-corrected chi connectivity index (χ0v) is 17.0. The molecular weight excluding hydrogens is 421 g/mol. The number of ether oxygens (including phenoxy) is 1. The van der Waals surface area contributed by atoms with Crippen LogP contribution in [0.3, 0.4) is 0 Å².